The number of halogens is 1. The van der Waals surface area contributed by atoms with E-state index in [-0.39, 0.29) is 23.5 Å². The first-order chi connectivity index (χ1) is 12.4. The van der Waals surface area contributed by atoms with E-state index in [2.05, 4.69) is 0 Å². The molecule has 2 aromatic carbocycles. The molecule has 6 heteroatoms. The lowest BCUT2D eigenvalue weighted by Gasteiger charge is -2.27. The van der Waals surface area contributed by atoms with Crippen molar-refractivity contribution >= 4 is 33.4 Å². The molecular formula is C20H20ClNO3S. The van der Waals surface area contributed by atoms with Crippen molar-refractivity contribution in [1.29, 1.82) is 0 Å². The van der Waals surface area contributed by atoms with Crippen molar-refractivity contribution in [2.24, 2.45) is 0 Å². The van der Waals surface area contributed by atoms with Crippen molar-refractivity contribution in [3.05, 3.63) is 76.8 Å². The first-order valence-corrected chi connectivity index (χ1v) is 10.6. The van der Waals surface area contributed by atoms with E-state index in [1.54, 1.807) is 17.0 Å². The Labute approximate surface area is 159 Å². The molecule has 4 nitrogen and oxygen atoms in total. The third kappa shape index (κ3) is 4.74. The quantitative estimate of drug-likeness (QED) is 0.734. The van der Waals surface area contributed by atoms with Gasteiger partial charge in [0.2, 0.25) is 5.91 Å². The Balaban J connectivity index is 1.82. The molecule has 0 saturated carbocycles. The summed E-state index contributed by atoms with van der Waals surface area (Å²) in [7, 11) is -3.08. The normalized spacial score (nSPS) is 18.9. The van der Waals surface area contributed by atoms with E-state index in [0.29, 0.717) is 18.0 Å². The maximum Gasteiger partial charge on any atom is 0.247 e. The molecule has 1 amide bonds. The summed E-state index contributed by atoms with van der Waals surface area (Å²) in [5, 5.41) is 0.564. The van der Waals surface area contributed by atoms with E-state index < -0.39 is 9.84 Å². The highest BCUT2D eigenvalue weighted by atomic mass is 35.5. The Morgan fingerprint density at radius 2 is 1.81 bits per heavy atom. The van der Waals surface area contributed by atoms with Crippen LogP contribution in [0.3, 0.4) is 0 Å². The molecule has 1 saturated heterocycles. The average Bonchev–Trinajstić information content (AvgIpc) is 2.99. The summed E-state index contributed by atoms with van der Waals surface area (Å²) in [6.45, 7) is 0.382. The van der Waals surface area contributed by atoms with Crippen LogP contribution in [-0.4, -0.2) is 36.8 Å². The Bertz CT molecular complexity index is 910. The number of hydrogen-bond donors (Lipinski definition) is 0. The standard InChI is InChI=1S/C20H20ClNO3S/c21-19-9-5-4-8-17(19)10-11-20(23)22(14-16-6-2-1-3-7-16)18-12-13-26(24,25)15-18/h1-11,18H,12-15H2/b11-10+/t18-/m0/s1. The van der Waals surface area contributed by atoms with Crippen molar-refractivity contribution in [2.75, 3.05) is 11.5 Å². The van der Waals surface area contributed by atoms with Crippen LogP contribution in [0.25, 0.3) is 6.08 Å². The molecule has 26 heavy (non-hydrogen) atoms. The van der Waals surface area contributed by atoms with Crippen LogP contribution < -0.4 is 0 Å². The van der Waals surface area contributed by atoms with Gasteiger partial charge in [0.1, 0.15) is 0 Å². The molecule has 1 aliphatic rings. The molecule has 2 aromatic rings. The maximum atomic E-state index is 12.8. The molecular weight excluding hydrogens is 370 g/mol. The van der Waals surface area contributed by atoms with E-state index in [9.17, 15) is 13.2 Å². The Kier molecular flexibility index (Phi) is 5.79. The number of benzene rings is 2. The Morgan fingerprint density at radius 3 is 2.46 bits per heavy atom. The minimum atomic E-state index is -3.08. The highest BCUT2D eigenvalue weighted by Gasteiger charge is 2.34. The van der Waals surface area contributed by atoms with Crippen LogP contribution in [0.15, 0.2) is 60.7 Å². The predicted octanol–water partition coefficient (Wildman–Crippen LogP) is 3.57. The number of rotatable bonds is 5. The average molecular weight is 390 g/mol. The minimum absolute atomic E-state index is 0.0194. The second-order valence-corrected chi connectivity index (χ2v) is 9.00. The van der Waals surface area contributed by atoms with E-state index >= 15 is 0 Å². The van der Waals surface area contributed by atoms with E-state index in [1.807, 2.05) is 48.5 Å². The van der Waals surface area contributed by atoms with Gasteiger partial charge in [0.25, 0.3) is 0 Å². The molecule has 0 spiro atoms. The summed E-state index contributed by atoms with van der Waals surface area (Å²) in [5.41, 5.74) is 1.72. The first-order valence-electron chi connectivity index (χ1n) is 8.42. The zero-order valence-electron chi connectivity index (χ0n) is 14.2. The van der Waals surface area contributed by atoms with Crippen molar-refractivity contribution in [2.45, 2.75) is 19.0 Å². The maximum absolute atomic E-state index is 12.8. The lowest BCUT2D eigenvalue weighted by molar-refractivity contribution is -0.128. The number of sulfone groups is 1. The van der Waals surface area contributed by atoms with Crippen LogP contribution in [0.5, 0.6) is 0 Å². The highest BCUT2D eigenvalue weighted by molar-refractivity contribution is 7.91. The molecule has 0 aromatic heterocycles. The Hall–Kier alpha value is -2.11. The summed E-state index contributed by atoms with van der Waals surface area (Å²) in [5.74, 6) is -0.0634. The van der Waals surface area contributed by atoms with Crippen molar-refractivity contribution in [3.63, 3.8) is 0 Å². The van der Waals surface area contributed by atoms with Gasteiger partial charge in [-0.25, -0.2) is 8.42 Å². The van der Waals surface area contributed by atoms with Crippen molar-refractivity contribution in [3.8, 4) is 0 Å². The molecule has 1 heterocycles. The monoisotopic (exact) mass is 389 g/mol. The largest absolute Gasteiger partial charge is 0.331 e. The molecule has 0 bridgehead atoms. The second kappa shape index (κ2) is 8.06. The highest BCUT2D eigenvalue weighted by Crippen LogP contribution is 2.22. The topological polar surface area (TPSA) is 54.5 Å². The molecule has 3 rings (SSSR count). The molecule has 1 atom stereocenters. The van der Waals surface area contributed by atoms with Gasteiger partial charge in [-0.1, -0.05) is 60.1 Å². The zero-order valence-corrected chi connectivity index (χ0v) is 15.8. The lowest BCUT2D eigenvalue weighted by atomic mass is 10.1. The lowest BCUT2D eigenvalue weighted by Crippen LogP contribution is -2.39. The minimum Gasteiger partial charge on any atom is -0.331 e. The van der Waals surface area contributed by atoms with E-state index in [0.717, 1.165) is 11.1 Å². The van der Waals surface area contributed by atoms with E-state index in [1.165, 1.54) is 6.08 Å². The van der Waals surface area contributed by atoms with Gasteiger partial charge in [-0.3, -0.25) is 4.79 Å². The molecule has 136 valence electrons. The number of carbonyl (C=O) groups is 1. The van der Waals surface area contributed by atoms with Crippen LogP contribution >= 0.6 is 11.6 Å². The Morgan fingerprint density at radius 1 is 1.12 bits per heavy atom. The first kappa shape index (κ1) is 18.7. The van der Waals surface area contributed by atoms with Crippen LogP contribution in [-0.2, 0) is 21.2 Å². The van der Waals surface area contributed by atoms with Gasteiger partial charge in [0, 0.05) is 23.7 Å². The third-order valence-electron chi connectivity index (χ3n) is 4.44. The van der Waals surface area contributed by atoms with Crippen LogP contribution in [0.1, 0.15) is 17.5 Å². The zero-order chi connectivity index (χ0) is 18.6. The molecule has 0 unspecified atom stereocenters. The van der Waals surface area contributed by atoms with Gasteiger partial charge < -0.3 is 4.90 Å². The number of amides is 1. The van der Waals surface area contributed by atoms with Gasteiger partial charge in [-0.05, 0) is 29.7 Å². The van der Waals surface area contributed by atoms with Crippen molar-refractivity contribution < 1.29 is 13.2 Å². The summed E-state index contributed by atoms with van der Waals surface area (Å²) >= 11 is 6.13. The van der Waals surface area contributed by atoms with Crippen LogP contribution in [0.2, 0.25) is 5.02 Å². The molecule has 0 aliphatic carbocycles. The van der Waals surface area contributed by atoms with Gasteiger partial charge in [-0.2, -0.15) is 0 Å². The van der Waals surface area contributed by atoms with Gasteiger partial charge in [0.05, 0.1) is 11.5 Å². The summed E-state index contributed by atoms with van der Waals surface area (Å²) < 4.78 is 23.7. The van der Waals surface area contributed by atoms with Crippen LogP contribution in [0.4, 0.5) is 0 Å². The fraction of sp³-hybridized carbons (Fsp3) is 0.250. The van der Waals surface area contributed by atoms with E-state index in [4.69, 9.17) is 11.6 Å². The van der Waals surface area contributed by atoms with Crippen molar-refractivity contribution in [1.82, 2.24) is 4.90 Å². The molecule has 1 aliphatic heterocycles. The fourth-order valence-corrected chi connectivity index (χ4v) is 4.98. The van der Waals surface area contributed by atoms with Crippen LogP contribution in [0, 0.1) is 0 Å². The number of hydrogen-bond acceptors (Lipinski definition) is 3. The number of nitrogens with zero attached hydrogens (tertiary/aromatic N) is 1. The van der Waals surface area contributed by atoms with Gasteiger partial charge >= 0.3 is 0 Å². The molecule has 0 N–H and O–H groups in total. The summed E-state index contributed by atoms with van der Waals surface area (Å²) in [6.07, 6.45) is 3.61. The fourth-order valence-electron chi connectivity index (χ4n) is 3.06. The van der Waals surface area contributed by atoms with Gasteiger partial charge in [-0.15, -0.1) is 0 Å². The molecule has 0 radical (unpaired) electrons. The smallest absolute Gasteiger partial charge is 0.247 e. The summed E-state index contributed by atoms with van der Waals surface area (Å²) in [6, 6.07) is 16.5. The third-order valence-corrected chi connectivity index (χ3v) is 6.53. The SMILES string of the molecule is O=C(/C=C/c1ccccc1Cl)N(Cc1ccccc1)[C@H]1CCS(=O)(=O)C1. The second-order valence-electron chi connectivity index (χ2n) is 6.36. The van der Waals surface area contributed by atoms with Gasteiger partial charge in [0.15, 0.2) is 9.84 Å². The number of carbonyl (C=O) groups excluding carboxylic acids is 1. The summed E-state index contributed by atoms with van der Waals surface area (Å²) in [4.78, 5) is 14.5. The molecule has 1 fully saturated rings. The predicted molar refractivity (Wildman–Crippen MR) is 105 cm³/mol.